The molecule has 0 spiro atoms. The Balaban J connectivity index is 2.16. The Bertz CT molecular complexity index is 829. The molecule has 134 valence electrons. The van der Waals surface area contributed by atoms with Crippen LogP contribution in [-0.4, -0.2) is 26.7 Å². The zero-order valence-electron chi connectivity index (χ0n) is 14.2. The van der Waals surface area contributed by atoms with E-state index in [1.54, 1.807) is 42.5 Å². The molecule has 0 aromatic heterocycles. The highest BCUT2D eigenvalue weighted by Gasteiger charge is 2.26. The third-order valence-corrected chi connectivity index (χ3v) is 5.88. The summed E-state index contributed by atoms with van der Waals surface area (Å²) in [5, 5.41) is -0.851. The Labute approximate surface area is 147 Å². The van der Waals surface area contributed by atoms with E-state index in [0.717, 1.165) is 0 Å². The smallest absolute Gasteiger partial charge is 0.321 e. The summed E-state index contributed by atoms with van der Waals surface area (Å²) in [6.07, 6.45) is 0.638. The Hall–Kier alpha value is -2.21. The third-order valence-electron chi connectivity index (χ3n) is 3.89. The molecule has 0 N–H and O–H groups in total. The minimum absolute atomic E-state index is 0.208. The standard InChI is InChI=1S/C19H21FO4S/c1-3-12-24-19(21)13-25(22,23)14(2)15-8-10-16(11-9-15)17-6-4-5-7-18(17)20/h4-11,14H,3,12-13H2,1-2H3. The van der Waals surface area contributed by atoms with Crippen molar-refractivity contribution in [2.45, 2.75) is 25.5 Å². The summed E-state index contributed by atoms with van der Waals surface area (Å²) in [7, 11) is -3.68. The number of esters is 1. The lowest BCUT2D eigenvalue weighted by atomic mass is 10.0. The van der Waals surface area contributed by atoms with Crippen molar-refractivity contribution in [3.05, 3.63) is 59.9 Å². The molecule has 0 fully saturated rings. The Morgan fingerprint density at radius 1 is 1.12 bits per heavy atom. The molecule has 0 heterocycles. The summed E-state index contributed by atoms with van der Waals surface area (Å²) >= 11 is 0. The van der Waals surface area contributed by atoms with Gasteiger partial charge in [0.1, 0.15) is 11.6 Å². The summed E-state index contributed by atoms with van der Waals surface area (Å²) in [6.45, 7) is 3.57. The predicted octanol–water partition coefficient (Wildman–Crippen LogP) is 3.92. The summed E-state index contributed by atoms with van der Waals surface area (Å²) in [6, 6.07) is 13.0. The fraction of sp³-hybridized carbons (Fsp3) is 0.316. The van der Waals surface area contributed by atoms with Crippen LogP contribution in [-0.2, 0) is 19.4 Å². The highest BCUT2D eigenvalue weighted by atomic mass is 32.2. The number of carbonyl (C=O) groups excluding carboxylic acids is 1. The van der Waals surface area contributed by atoms with Gasteiger partial charge in [-0.2, -0.15) is 0 Å². The summed E-state index contributed by atoms with van der Waals surface area (Å²) in [5.41, 5.74) is 1.66. The summed E-state index contributed by atoms with van der Waals surface area (Å²) < 4.78 is 43.4. The van der Waals surface area contributed by atoms with Crippen LogP contribution in [0.25, 0.3) is 11.1 Å². The molecule has 4 nitrogen and oxygen atoms in total. The van der Waals surface area contributed by atoms with Crippen LogP contribution in [0.3, 0.4) is 0 Å². The van der Waals surface area contributed by atoms with Gasteiger partial charge in [-0.05, 0) is 30.5 Å². The second-order valence-corrected chi connectivity index (χ2v) is 8.09. The molecule has 0 saturated heterocycles. The lowest BCUT2D eigenvalue weighted by Crippen LogP contribution is -2.22. The SMILES string of the molecule is CCCOC(=O)CS(=O)(=O)C(C)c1ccc(-c2ccccc2F)cc1. The number of carbonyl (C=O) groups is 1. The second kappa shape index (κ2) is 8.25. The van der Waals surface area contributed by atoms with Crippen molar-refractivity contribution < 1.29 is 22.3 Å². The van der Waals surface area contributed by atoms with E-state index in [4.69, 9.17) is 4.74 Å². The molecule has 2 aromatic rings. The molecule has 0 radical (unpaired) electrons. The zero-order valence-corrected chi connectivity index (χ0v) is 15.1. The summed E-state index contributed by atoms with van der Waals surface area (Å²) in [4.78, 5) is 11.6. The van der Waals surface area contributed by atoms with Gasteiger partial charge in [-0.3, -0.25) is 4.79 Å². The molecular weight excluding hydrogens is 343 g/mol. The van der Waals surface area contributed by atoms with Crippen LogP contribution in [0.1, 0.15) is 31.1 Å². The quantitative estimate of drug-likeness (QED) is 0.699. The zero-order chi connectivity index (χ0) is 18.4. The molecule has 0 aliphatic heterocycles. The molecule has 0 amide bonds. The van der Waals surface area contributed by atoms with E-state index in [1.165, 1.54) is 13.0 Å². The van der Waals surface area contributed by atoms with Crippen molar-refractivity contribution in [3.63, 3.8) is 0 Å². The maximum Gasteiger partial charge on any atom is 0.321 e. The third kappa shape index (κ3) is 4.89. The van der Waals surface area contributed by atoms with E-state index >= 15 is 0 Å². The first-order valence-electron chi connectivity index (χ1n) is 8.07. The number of benzene rings is 2. The van der Waals surface area contributed by atoms with E-state index in [1.807, 2.05) is 6.92 Å². The molecule has 1 unspecified atom stereocenters. The van der Waals surface area contributed by atoms with E-state index in [2.05, 4.69) is 0 Å². The Kier molecular flexibility index (Phi) is 6.31. The topological polar surface area (TPSA) is 60.4 Å². The molecule has 6 heteroatoms. The maximum atomic E-state index is 13.8. The molecule has 0 aliphatic rings. The van der Waals surface area contributed by atoms with E-state index in [0.29, 0.717) is 23.1 Å². The van der Waals surface area contributed by atoms with Gasteiger partial charge in [-0.1, -0.05) is 49.4 Å². The number of sulfone groups is 1. The van der Waals surface area contributed by atoms with Crippen LogP contribution in [0, 0.1) is 5.82 Å². The number of rotatable bonds is 7. The minimum Gasteiger partial charge on any atom is -0.465 e. The van der Waals surface area contributed by atoms with Crippen molar-refractivity contribution in [2.24, 2.45) is 0 Å². The average Bonchev–Trinajstić information content (AvgIpc) is 2.59. The fourth-order valence-corrected chi connectivity index (χ4v) is 3.62. The monoisotopic (exact) mass is 364 g/mol. The number of hydrogen-bond donors (Lipinski definition) is 0. The van der Waals surface area contributed by atoms with Gasteiger partial charge in [-0.25, -0.2) is 12.8 Å². The van der Waals surface area contributed by atoms with Gasteiger partial charge in [-0.15, -0.1) is 0 Å². The fourth-order valence-electron chi connectivity index (χ4n) is 2.38. The van der Waals surface area contributed by atoms with Gasteiger partial charge in [0.05, 0.1) is 11.9 Å². The van der Waals surface area contributed by atoms with Crippen LogP contribution >= 0.6 is 0 Å². The van der Waals surface area contributed by atoms with Crippen molar-refractivity contribution >= 4 is 15.8 Å². The number of ether oxygens (including phenoxy) is 1. The van der Waals surface area contributed by atoms with E-state index in [-0.39, 0.29) is 12.4 Å². The molecular formula is C19H21FO4S. The van der Waals surface area contributed by atoms with Crippen LogP contribution in [0.5, 0.6) is 0 Å². The lowest BCUT2D eigenvalue weighted by molar-refractivity contribution is -0.140. The molecule has 0 aliphatic carbocycles. The predicted molar refractivity (Wildman–Crippen MR) is 95.3 cm³/mol. The minimum atomic E-state index is -3.68. The van der Waals surface area contributed by atoms with Gasteiger partial charge >= 0.3 is 5.97 Å². The highest BCUT2D eigenvalue weighted by molar-refractivity contribution is 7.92. The first-order valence-corrected chi connectivity index (χ1v) is 9.78. The van der Waals surface area contributed by atoms with Gasteiger partial charge in [0.2, 0.25) is 0 Å². The van der Waals surface area contributed by atoms with Gasteiger partial charge in [0.25, 0.3) is 0 Å². The Morgan fingerprint density at radius 2 is 1.76 bits per heavy atom. The number of hydrogen-bond acceptors (Lipinski definition) is 4. The van der Waals surface area contributed by atoms with Crippen LogP contribution in [0.4, 0.5) is 4.39 Å². The lowest BCUT2D eigenvalue weighted by Gasteiger charge is -2.14. The first kappa shape index (κ1) is 19.1. The molecule has 1 atom stereocenters. The van der Waals surface area contributed by atoms with Crippen molar-refractivity contribution in [2.75, 3.05) is 12.4 Å². The summed E-state index contributed by atoms with van der Waals surface area (Å²) in [5.74, 6) is -1.73. The van der Waals surface area contributed by atoms with Gasteiger partial charge < -0.3 is 4.74 Å². The molecule has 0 saturated carbocycles. The number of halogens is 1. The Morgan fingerprint density at radius 3 is 2.36 bits per heavy atom. The molecule has 2 aromatic carbocycles. The van der Waals surface area contributed by atoms with Crippen LogP contribution < -0.4 is 0 Å². The van der Waals surface area contributed by atoms with Crippen molar-refractivity contribution in [3.8, 4) is 11.1 Å². The van der Waals surface area contributed by atoms with Crippen molar-refractivity contribution in [1.82, 2.24) is 0 Å². The first-order chi connectivity index (χ1) is 11.8. The molecule has 0 bridgehead atoms. The van der Waals surface area contributed by atoms with Crippen LogP contribution in [0.15, 0.2) is 48.5 Å². The normalized spacial score (nSPS) is 12.6. The second-order valence-electron chi connectivity index (χ2n) is 5.77. The maximum absolute atomic E-state index is 13.8. The molecule has 2 rings (SSSR count). The van der Waals surface area contributed by atoms with Crippen molar-refractivity contribution in [1.29, 1.82) is 0 Å². The highest BCUT2D eigenvalue weighted by Crippen LogP contribution is 2.27. The van der Waals surface area contributed by atoms with E-state index in [9.17, 15) is 17.6 Å². The molecule has 25 heavy (non-hydrogen) atoms. The largest absolute Gasteiger partial charge is 0.465 e. The van der Waals surface area contributed by atoms with Crippen LogP contribution in [0.2, 0.25) is 0 Å². The average molecular weight is 364 g/mol. The van der Waals surface area contributed by atoms with Gasteiger partial charge in [0, 0.05) is 5.56 Å². The van der Waals surface area contributed by atoms with Gasteiger partial charge in [0.15, 0.2) is 9.84 Å². The van der Waals surface area contributed by atoms with E-state index < -0.39 is 26.8 Å².